The largest absolute Gasteiger partial charge is 0.494 e. The predicted molar refractivity (Wildman–Crippen MR) is 123 cm³/mol. The lowest BCUT2D eigenvalue weighted by Crippen LogP contribution is -2.54. The number of hydrogen-bond donors (Lipinski definition) is 1. The smallest absolute Gasteiger partial charge is 0.330 e. The first-order chi connectivity index (χ1) is 14.9. The molecular formula is C25H30N2O4. The Kier molecular flexibility index (Phi) is 7.34. The molecule has 1 aliphatic heterocycles. The monoisotopic (exact) mass is 422 g/mol. The van der Waals surface area contributed by atoms with Crippen molar-refractivity contribution < 1.29 is 19.1 Å². The van der Waals surface area contributed by atoms with Crippen LogP contribution in [0.5, 0.6) is 5.75 Å². The lowest BCUT2D eigenvalue weighted by Gasteiger charge is -2.39. The van der Waals surface area contributed by atoms with Gasteiger partial charge in [0.15, 0.2) is 0 Å². The number of benzene rings is 2. The first-order valence-electron chi connectivity index (χ1n) is 10.7. The number of esters is 1. The molecule has 2 aromatic rings. The number of anilines is 2. The van der Waals surface area contributed by atoms with Crippen LogP contribution in [0, 0.1) is 0 Å². The molecule has 2 aromatic carbocycles. The van der Waals surface area contributed by atoms with Crippen molar-refractivity contribution in [2.75, 3.05) is 30.0 Å². The molecule has 1 amide bonds. The normalized spacial score (nSPS) is 14.8. The molecule has 0 aromatic heterocycles. The molecule has 6 nitrogen and oxygen atoms in total. The summed E-state index contributed by atoms with van der Waals surface area (Å²) in [4.78, 5) is 26.6. The molecule has 0 saturated heterocycles. The van der Waals surface area contributed by atoms with Gasteiger partial charge in [0.25, 0.3) is 5.91 Å². The summed E-state index contributed by atoms with van der Waals surface area (Å²) >= 11 is 0. The van der Waals surface area contributed by atoms with Gasteiger partial charge in [0, 0.05) is 12.6 Å². The van der Waals surface area contributed by atoms with E-state index in [1.54, 1.807) is 11.0 Å². The zero-order chi connectivity index (χ0) is 22.3. The topological polar surface area (TPSA) is 67.9 Å². The Morgan fingerprint density at radius 3 is 2.58 bits per heavy atom. The van der Waals surface area contributed by atoms with E-state index in [1.165, 1.54) is 6.08 Å². The number of fused-ring (bicyclic) bond motifs is 1. The number of amides is 1. The van der Waals surface area contributed by atoms with Gasteiger partial charge in [-0.1, -0.05) is 31.2 Å². The molecule has 0 fully saturated rings. The molecular weight excluding hydrogens is 392 g/mol. The number of rotatable bonds is 9. The highest BCUT2D eigenvalue weighted by atomic mass is 16.5. The maximum absolute atomic E-state index is 12.8. The molecule has 0 atom stereocenters. The summed E-state index contributed by atoms with van der Waals surface area (Å²) in [7, 11) is 0. The lowest BCUT2D eigenvalue weighted by molar-refractivity contribution is -0.137. The Balaban J connectivity index is 1.47. The number of carbonyl (C=O) groups excluding carboxylic acids is 2. The van der Waals surface area contributed by atoms with Gasteiger partial charge in [-0.25, -0.2) is 4.79 Å². The SMILES string of the molecule is CCCOc1ccc(/C=C/C(=O)OCCCN2C(=O)C(C)(C)Nc3ccccc32)cc1. The minimum absolute atomic E-state index is 0.00351. The fourth-order valence-corrected chi connectivity index (χ4v) is 3.38. The standard InChI is InChI=1S/C25H30N2O4/c1-4-17-30-20-13-10-19(11-14-20)12-15-23(28)31-18-7-16-27-22-9-6-5-8-21(22)26-25(2,3)24(27)29/h5-6,8-15,26H,4,7,16-18H2,1-3H3/b15-12+. The summed E-state index contributed by atoms with van der Waals surface area (Å²) in [6.07, 6.45) is 4.64. The van der Waals surface area contributed by atoms with Gasteiger partial charge in [0.2, 0.25) is 0 Å². The van der Waals surface area contributed by atoms with Crippen LogP contribution in [0.25, 0.3) is 6.08 Å². The highest BCUT2D eigenvalue weighted by Gasteiger charge is 2.38. The van der Waals surface area contributed by atoms with Crippen molar-refractivity contribution in [2.45, 2.75) is 39.2 Å². The molecule has 0 unspecified atom stereocenters. The Hall–Kier alpha value is -3.28. The van der Waals surface area contributed by atoms with Crippen molar-refractivity contribution in [3.8, 4) is 5.75 Å². The average molecular weight is 423 g/mol. The van der Waals surface area contributed by atoms with Crippen molar-refractivity contribution in [1.82, 2.24) is 0 Å². The second kappa shape index (κ2) is 10.2. The maximum atomic E-state index is 12.8. The van der Waals surface area contributed by atoms with Crippen molar-refractivity contribution in [2.24, 2.45) is 0 Å². The van der Waals surface area contributed by atoms with Crippen LogP contribution >= 0.6 is 0 Å². The van der Waals surface area contributed by atoms with E-state index in [2.05, 4.69) is 12.2 Å². The van der Waals surface area contributed by atoms with Crippen molar-refractivity contribution in [3.05, 3.63) is 60.2 Å². The van der Waals surface area contributed by atoms with Crippen LogP contribution in [0.15, 0.2) is 54.6 Å². The van der Waals surface area contributed by atoms with Gasteiger partial charge in [-0.3, -0.25) is 4.79 Å². The summed E-state index contributed by atoms with van der Waals surface area (Å²) in [6, 6.07) is 15.3. The number of para-hydroxylation sites is 2. The minimum Gasteiger partial charge on any atom is -0.494 e. The zero-order valence-electron chi connectivity index (χ0n) is 18.4. The third-order valence-corrected chi connectivity index (χ3v) is 4.96. The Labute approximate surface area is 183 Å². The molecule has 0 aliphatic carbocycles. The fraction of sp³-hybridized carbons (Fsp3) is 0.360. The Morgan fingerprint density at radius 2 is 1.84 bits per heavy atom. The summed E-state index contributed by atoms with van der Waals surface area (Å²) in [5, 5.41) is 3.28. The van der Waals surface area contributed by atoms with Gasteiger partial charge in [-0.2, -0.15) is 0 Å². The number of hydrogen-bond acceptors (Lipinski definition) is 5. The summed E-state index contributed by atoms with van der Waals surface area (Å²) in [6.45, 7) is 7.20. The van der Waals surface area contributed by atoms with Crippen LogP contribution in [0.1, 0.15) is 39.2 Å². The van der Waals surface area contributed by atoms with E-state index < -0.39 is 11.5 Å². The second-order valence-corrected chi connectivity index (χ2v) is 8.00. The van der Waals surface area contributed by atoms with Crippen LogP contribution in [0.4, 0.5) is 11.4 Å². The summed E-state index contributed by atoms with van der Waals surface area (Å²) in [5.41, 5.74) is 2.00. The predicted octanol–water partition coefficient (Wildman–Crippen LogP) is 4.66. The first-order valence-corrected chi connectivity index (χ1v) is 10.7. The highest BCUT2D eigenvalue weighted by molar-refractivity contribution is 6.07. The molecule has 1 aliphatic rings. The maximum Gasteiger partial charge on any atom is 0.330 e. The van der Waals surface area contributed by atoms with Gasteiger partial charge in [0.05, 0.1) is 24.6 Å². The molecule has 1 heterocycles. The molecule has 0 saturated carbocycles. The van der Waals surface area contributed by atoms with Gasteiger partial charge < -0.3 is 19.7 Å². The minimum atomic E-state index is -0.676. The van der Waals surface area contributed by atoms with Gasteiger partial charge in [-0.05, 0) is 62.6 Å². The van der Waals surface area contributed by atoms with E-state index in [0.29, 0.717) is 19.6 Å². The van der Waals surface area contributed by atoms with Crippen molar-refractivity contribution >= 4 is 29.3 Å². The zero-order valence-corrected chi connectivity index (χ0v) is 18.4. The quantitative estimate of drug-likeness (QED) is 0.362. The highest BCUT2D eigenvalue weighted by Crippen LogP contribution is 2.34. The van der Waals surface area contributed by atoms with E-state index in [4.69, 9.17) is 9.47 Å². The molecule has 6 heteroatoms. The van der Waals surface area contributed by atoms with Crippen LogP contribution in [-0.4, -0.2) is 37.2 Å². The van der Waals surface area contributed by atoms with Gasteiger partial charge >= 0.3 is 5.97 Å². The van der Waals surface area contributed by atoms with Gasteiger partial charge in [-0.15, -0.1) is 0 Å². The molecule has 0 spiro atoms. The molecule has 31 heavy (non-hydrogen) atoms. The van der Waals surface area contributed by atoms with E-state index in [-0.39, 0.29) is 12.5 Å². The van der Waals surface area contributed by atoms with Crippen LogP contribution in [-0.2, 0) is 14.3 Å². The van der Waals surface area contributed by atoms with Crippen LogP contribution in [0.3, 0.4) is 0 Å². The van der Waals surface area contributed by atoms with E-state index in [9.17, 15) is 9.59 Å². The van der Waals surface area contributed by atoms with E-state index in [1.807, 2.05) is 62.4 Å². The Morgan fingerprint density at radius 1 is 1.10 bits per heavy atom. The molecule has 0 bridgehead atoms. The fourth-order valence-electron chi connectivity index (χ4n) is 3.38. The first kappa shape index (κ1) is 22.4. The summed E-state index contributed by atoms with van der Waals surface area (Å²) in [5.74, 6) is 0.413. The molecule has 1 N–H and O–H groups in total. The lowest BCUT2D eigenvalue weighted by atomic mass is 9.98. The van der Waals surface area contributed by atoms with Crippen LogP contribution < -0.4 is 15.0 Å². The number of nitrogens with zero attached hydrogens (tertiary/aromatic N) is 1. The third kappa shape index (κ3) is 5.87. The molecule has 164 valence electrons. The average Bonchev–Trinajstić information content (AvgIpc) is 2.76. The number of nitrogens with one attached hydrogen (secondary N) is 1. The molecule has 0 radical (unpaired) electrons. The van der Waals surface area contributed by atoms with Gasteiger partial charge in [0.1, 0.15) is 11.3 Å². The van der Waals surface area contributed by atoms with E-state index >= 15 is 0 Å². The van der Waals surface area contributed by atoms with Crippen molar-refractivity contribution in [1.29, 1.82) is 0 Å². The second-order valence-electron chi connectivity index (χ2n) is 8.00. The third-order valence-electron chi connectivity index (χ3n) is 4.96. The Bertz CT molecular complexity index is 935. The number of ether oxygens (including phenoxy) is 2. The van der Waals surface area contributed by atoms with E-state index in [0.717, 1.165) is 29.1 Å². The van der Waals surface area contributed by atoms with Crippen LogP contribution in [0.2, 0.25) is 0 Å². The summed E-state index contributed by atoms with van der Waals surface area (Å²) < 4.78 is 10.8. The number of carbonyl (C=O) groups is 2. The molecule has 3 rings (SSSR count). The van der Waals surface area contributed by atoms with Crippen molar-refractivity contribution in [3.63, 3.8) is 0 Å².